The third-order valence-corrected chi connectivity index (χ3v) is 6.07. The molecule has 0 aromatic heterocycles. The molecule has 1 aromatic carbocycles. The van der Waals surface area contributed by atoms with Gasteiger partial charge in [0.05, 0.1) is 13.2 Å². The topological polar surface area (TPSA) is 51.0 Å². The molecule has 1 N–H and O–H groups in total. The van der Waals surface area contributed by atoms with Gasteiger partial charge in [-0.1, -0.05) is 39.8 Å². The van der Waals surface area contributed by atoms with Crippen LogP contribution in [-0.4, -0.2) is 36.9 Å². The van der Waals surface area contributed by atoms with Gasteiger partial charge >= 0.3 is 0 Å². The van der Waals surface area contributed by atoms with E-state index in [4.69, 9.17) is 14.5 Å². The molecule has 29 heavy (non-hydrogen) atoms. The maximum Gasteiger partial charge on any atom is 0.158 e. The van der Waals surface area contributed by atoms with Gasteiger partial charge in [0.25, 0.3) is 0 Å². The molecule has 160 valence electrons. The molecule has 3 rings (SSSR count). The van der Waals surface area contributed by atoms with E-state index < -0.39 is 5.41 Å². The van der Waals surface area contributed by atoms with Crippen LogP contribution in [0.3, 0.4) is 0 Å². The number of nitrogens with zero attached hydrogens (tertiary/aromatic N) is 1. The van der Waals surface area contributed by atoms with Gasteiger partial charge in [-0.25, -0.2) is 4.39 Å². The van der Waals surface area contributed by atoms with Crippen molar-refractivity contribution in [3.8, 4) is 0 Å². The van der Waals surface area contributed by atoms with Crippen molar-refractivity contribution >= 4 is 5.71 Å². The van der Waals surface area contributed by atoms with Crippen LogP contribution in [-0.2, 0) is 14.9 Å². The van der Waals surface area contributed by atoms with E-state index in [1.54, 1.807) is 12.1 Å². The lowest BCUT2D eigenvalue weighted by atomic mass is 9.67. The van der Waals surface area contributed by atoms with E-state index in [1.807, 2.05) is 0 Å². The molecule has 2 heterocycles. The Balaban J connectivity index is 2.06. The average Bonchev–Trinajstić information content (AvgIpc) is 2.72. The SMILES string of the molecule is CC(C)C1=NC(C(C)C)=C(COC2CCCCO2)C(CO)(c2ccc(F)cc2)C1. The van der Waals surface area contributed by atoms with Crippen LogP contribution in [0.5, 0.6) is 0 Å². The van der Waals surface area contributed by atoms with Gasteiger partial charge in [0.15, 0.2) is 6.29 Å². The van der Waals surface area contributed by atoms with Crippen molar-refractivity contribution in [3.63, 3.8) is 0 Å². The zero-order valence-electron chi connectivity index (χ0n) is 18.1. The Hall–Kier alpha value is -1.56. The summed E-state index contributed by atoms with van der Waals surface area (Å²) in [6.45, 7) is 9.48. The summed E-state index contributed by atoms with van der Waals surface area (Å²) in [5.74, 6) is 0.164. The van der Waals surface area contributed by atoms with E-state index in [0.717, 1.165) is 48.4 Å². The predicted molar refractivity (Wildman–Crippen MR) is 113 cm³/mol. The molecule has 2 unspecified atom stereocenters. The molecule has 2 aliphatic heterocycles. The summed E-state index contributed by atoms with van der Waals surface area (Å²) in [7, 11) is 0. The predicted octanol–water partition coefficient (Wildman–Crippen LogP) is 5.01. The molecular formula is C24H34FNO3. The number of hydrogen-bond acceptors (Lipinski definition) is 4. The fraction of sp³-hybridized carbons (Fsp3) is 0.625. The van der Waals surface area contributed by atoms with Gasteiger partial charge in [-0.2, -0.15) is 0 Å². The smallest absolute Gasteiger partial charge is 0.158 e. The van der Waals surface area contributed by atoms with Gasteiger partial charge in [-0.15, -0.1) is 0 Å². The van der Waals surface area contributed by atoms with Crippen molar-refractivity contribution in [2.24, 2.45) is 16.8 Å². The van der Waals surface area contributed by atoms with Crippen molar-refractivity contribution in [1.82, 2.24) is 0 Å². The number of aliphatic hydroxyl groups is 1. The molecule has 0 radical (unpaired) electrons. The number of benzene rings is 1. The second-order valence-electron chi connectivity index (χ2n) is 8.81. The van der Waals surface area contributed by atoms with Crippen molar-refractivity contribution in [2.45, 2.75) is 65.1 Å². The number of halogens is 1. The first-order valence-electron chi connectivity index (χ1n) is 10.8. The number of aliphatic hydroxyl groups excluding tert-OH is 1. The van der Waals surface area contributed by atoms with E-state index in [9.17, 15) is 9.50 Å². The molecule has 0 bridgehead atoms. The molecular weight excluding hydrogens is 369 g/mol. The van der Waals surface area contributed by atoms with Crippen LogP contribution in [0.1, 0.15) is 58.9 Å². The largest absolute Gasteiger partial charge is 0.395 e. The van der Waals surface area contributed by atoms with Crippen LogP contribution < -0.4 is 0 Å². The second kappa shape index (κ2) is 9.50. The Bertz CT molecular complexity index is 748. The van der Waals surface area contributed by atoms with Crippen molar-refractivity contribution in [1.29, 1.82) is 0 Å². The molecule has 1 saturated heterocycles. The summed E-state index contributed by atoms with van der Waals surface area (Å²) in [6.07, 6.45) is 3.43. The Morgan fingerprint density at radius 1 is 1.17 bits per heavy atom. The summed E-state index contributed by atoms with van der Waals surface area (Å²) in [5, 5.41) is 10.7. The van der Waals surface area contributed by atoms with Crippen LogP contribution >= 0.6 is 0 Å². The highest BCUT2D eigenvalue weighted by Crippen LogP contribution is 2.44. The molecule has 2 aliphatic rings. The van der Waals surface area contributed by atoms with Gasteiger partial charge in [0, 0.05) is 29.9 Å². The van der Waals surface area contributed by atoms with Crippen LogP contribution in [0.25, 0.3) is 0 Å². The Morgan fingerprint density at radius 2 is 1.90 bits per heavy atom. The summed E-state index contributed by atoms with van der Waals surface area (Å²) in [5.41, 5.74) is 3.25. The third kappa shape index (κ3) is 4.79. The first-order valence-corrected chi connectivity index (χ1v) is 10.8. The van der Waals surface area contributed by atoms with E-state index in [0.29, 0.717) is 13.0 Å². The number of ether oxygens (including phenoxy) is 2. The molecule has 0 saturated carbocycles. The van der Waals surface area contributed by atoms with E-state index in [-0.39, 0.29) is 30.5 Å². The highest BCUT2D eigenvalue weighted by Gasteiger charge is 2.43. The first kappa shape index (κ1) is 22.1. The summed E-state index contributed by atoms with van der Waals surface area (Å²) in [4.78, 5) is 5.00. The second-order valence-corrected chi connectivity index (χ2v) is 8.81. The maximum absolute atomic E-state index is 13.6. The number of aliphatic imine (C=N–C) groups is 1. The Kier molecular flexibility index (Phi) is 7.25. The third-order valence-electron chi connectivity index (χ3n) is 6.07. The minimum Gasteiger partial charge on any atom is -0.395 e. The van der Waals surface area contributed by atoms with Gasteiger partial charge in [-0.3, -0.25) is 4.99 Å². The molecule has 0 aliphatic carbocycles. The first-order chi connectivity index (χ1) is 13.9. The van der Waals surface area contributed by atoms with Gasteiger partial charge in [0.1, 0.15) is 5.82 Å². The monoisotopic (exact) mass is 403 g/mol. The number of allylic oxidation sites excluding steroid dienone is 1. The van der Waals surface area contributed by atoms with Gasteiger partial charge in [0.2, 0.25) is 0 Å². The molecule has 1 aromatic rings. The summed E-state index contributed by atoms with van der Waals surface area (Å²) < 4.78 is 25.6. The van der Waals surface area contributed by atoms with Crippen LogP contribution in [0.2, 0.25) is 0 Å². The van der Waals surface area contributed by atoms with Gasteiger partial charge < -0.3 is 14.6 Å². The van der Waals surface area contributed by atoms with Crippen LogP contribution in [0.4, 0.5) is 4.39 Å². The minimum atomic E-state index is -0.663. The van der Waals surface area contributed by atoms with Gasteiger partial charge in [-0.05, 0) is 54.4 Å². The quantitative estimate of drug-likeness (QED) is 0.696. The fourth-order valence-corrected chi connectivity index (χ4v) is 4.25. The number of rotatable bonds is 7. The average molecular weight is 404 g/mol. The molecule has 1 fully saturated rings. The van der Waals surface area contributed by atoms with Crippen LogP contribution in [0.15, 0.2) is 40.5 Å². The Morgan fingerprint density at radius 3 is 2.45 bits per heavy atom. The zero-order valence-corrected chi connectivity index (χ0v) is 18.1. The molecule has 4 nitrogen and oxygen atoms in total. The Labute approximate surface area is 173 Å². The lowest BCUT2D eigenvalue weighted by Gasteiger charge is -2.41. The van der Waals surface area contributed by atoms with Crippen molar-refractivity contribution < 1.29 is 19.0 Å². The normalized spacial score (nSPS) is 25.7. The molecule has 5 heteroatoms. The lowest BCUT2D eigenvalue weighted by molar-refractivity contribution is -0.158. The van der Waals surface area contributed by atoms with E-state index in [2.05, 4.69) is 27.7 Å². The number of hydrogen-bond donors (Lipinski definition) is 1. The van der Waals surface area contributed by atoms with E-state index >= 15 is 0 Å². The summed E-state index contributed by atoms with van der Waals surface area (Å²) >= 11 is 0. The van der Waals surface area contributed by atoms with E-state index in [1.165, 1.54) is 12.1 Å². The lowest BCUT2D eigenvalue weighted by Crippen LogP contribution is -2.42. The summed E-state index contributed by atoms with van der Waals surface area (Å²) in [6, 6.07) is 6.49. The molecule has 0 spiro atoms. The molecule has 2 atom stereocenters. The van der Waals surface area contributed by atoms with Crippen molar-refractivity contribution in [2.75, 3.05) is 19.8 Å². The fourth-order valence-electron chi connectivity index (χ4n) is 4.25. The zero-order chi connectivity index (χ0) is 21.0. The van der Waals surface area contributed by atoms with Crippen molar-refractivity contribution in [3.05, 3.63) is 46.9 Å². The van der Waals surface area contributed by atoms with Crippen LogP contribution in [0, 0.1) is 17.7 Å². The maximum atomic E-state index is 13.6. The molecule has 0 amide bonds. The minimum absolute atomic E-state index is 0.0786. The highest BCUT2D eigenvalue weighted by atomic mass is 19.1. The standard InChI is InChI=1S/C24H34FNO3/c1-16(2)21-13-24(15-27,18-8-10-19(25)11-9-18)20(23(26-21)17(3)4)14-29-22-7-5-6-12-28-22/h8-11,16-17,22,27H,5-7,12-15H2,1-4H3. The highest BCUT2D eigenvalue weighted by molar-refractivity contribution is 5.90.